The predicted octanol–water partition coefficient (Wildman–Crippen LogP) is 1.47. The Hall–Kier alpha value is -0.420. The highest BCUT2D eigenvalue weighted by molar-refractivity contribution is 8.00. The minimum atomic E-state index is 0.373. The van der Waals surface area contributed by atoms with Crippen molar-refractivity contribution in [1.29, 1.82) is 0 Å². The van der Waals surface area contributed by atoms with Gasteiger partial charge in [-0.3, -0.25) is 4.99 Å². The molecule has 1 fully saturated rings. The number of nitrogens with one attached hydrogen (secondary N) is 2. The summed E-state index contributed by atoms with van der Waals surface area (Å²) in [4.78, 5) is 4.21. The van der Waals surface area contributed by atoms with E-state index < -0.39 is 0 Å². The first-order chi connectivity index (χ1) is 8.20. The Morgan fingerprint density at radius 2 is 2.29 bits per heavy atom. The number of aliphatic imine (C=N–C) groups is 1. The minimum absolute atomic E-state index is 0.373. The lowest BCUT2D eigenvalue weighted by atomic mass is 10.1. The maximum atomic E-state index is 5.28. The molecule has 17 heavy (non-hydrogen) atoms. The lowest BCUT2D eigenvalue weighted by Crippen LogP contribution is -2.44. The topological polar surface area (TPSA) is 45.6 Å². The van der Waals surface area contributed by atoms with E-state index in [1.54, 1.807) is 7.05 Å². The molecule has 1 aliphatic heterocycles. The van der Waals surface area contributed by atoms with Gasteiger partial charge < -0.3 is 15.4 Å². The summed E-state index contributed by atoms with van der Waals surface area (Å²) in [7, 11) is 1.81. The molecule has 1 aliphatic rings. The van der Waals surface area contributed by atoms with Crippen molar-refractivity contribution in [3.8, 4) is 0 Å². The average molecular weight is 259 g/mol. The molecule has 2 N–H and O–H groups in total. The van der Waals surface area contributed by atoms with E-state index in [1.165, 1.54) is 18.6 Å². The predicted molar refractivity (Wildman–Crippen MR) is 76.0 cm³/mol. The molecule has 0 aromatic heterocycles. The van der Waals surface area contributed by atoms with Crippen molar-refractivity contribution in [1.82, 2.24) is 10.6 Å². The minimum Gasteiger partial charge on any atom is -0.380 e. The van der Waals surface area contributed by atoms with E-state index in [1.807, 2.05) is 6.92 Å². The summed E-state index contributed by atoms with van der Waals surface area (Å²) in [6.07, 6.45) is 2.62. The maximum Gasteiger partial charge on any atom is 0.191 e. The molecule has 5 heteroatoms. The fraction of sp³-hybridized carbons (Fsp3) is 0.917. The second-order valence-electron chi connectivity index (χ2n) is 4.45. The number of nitrogens with zero attached hydrogens (tertiary/aromatic N) is 1. The van der Waals surface area contributed by atoms with Crippen molar-refractivity contribution in [2.45, 2.75) is 31.4 Å². The zero-order valence-electron chi connectivity index (χ0n) is 11.2. The number of thioether (sulfide) groups is 1. The summed E-state index contributed by atoms with van der Waals surface area (Å²) in [5.74, 6) is 2.16. The fourth-order valence-corrected chi connectivity index (χ4v) is 3.10. The third-order valence-electron chi connectivity index (χ3n) is 2.90. The van der Waals surface area contributed by atoms with Crippen LogP contribution < -0.4 is 10.6 Å². The second kappa shape index (κ2) is 7.82. The Morgan fingerprint density at radius 1 is 1.47 bits per heavy atom. The van der Waals surface area contributed by atoms with Crippen LogP contribution in [0.25, 0.3) is 0 Å². The highest BCUT2D eigenvalue weighted by Crippen LogP contribution is 2.36. The fourth-order valence-electron chi connectivity index (χ4n) is 1.85. The van der Waals surface area contributed by atoms with Crippen LogP contribution in [-0.2, 0) is 4.74 Å². The van der Waals surface area contributed by atoms with E-state index in [-0.39, 0.29) is 0 Å². The van der Waals surface area contributed by atoms with Crippen molar-refractivity contribution >= 4 is 17.7 Å². The molecule has 0 radical (unpaired) electrons. The van der Waals surface area contributed by atoms with Crippen molar-refractivity contribution in [2.75, 3.05) is 39.1 Å². The molecule has 1 saturated heterocycles. The molecule has 0 aromatic rings. The molecule has 0 amide bonds. The third-order valence-corrected chi connectivity index (χ3v) is 4.44. The maximum absolute atomic E-state index is 5.28. The van der Waals surface area contributed by atoms with Crippen LogP contribution in [0.4, 0.5) is 0 Å². The number of ether oxygens (including phenoxy) is 1. The summed E-state index contributed by atoms with van der Waals surface area (Å²) in [5, 5.41) is 6.64. The van der Waals surface area contributed by atoms with Gasteiger partial charge in [0.1, 0.15) is 0 Å². The number of hydrogen-bond donors (Lipinski definition) is 2. The molecule has 1 heterocycles. The average Bonchev–Trinajstić information content (AvgIpc) is 2.76. The lowest BCUT2D eigenvalue weighted by Gasteiger charge is -2.24. The molecule has 0 bridgehead atoms. The van der Waals surface area contributed by atoms with E-state index in [9.17, 15) is 0 Å². The standard InChI is InChI=1S/C12H25N3OS/c1-4-16-8-7-14-11(13-3)15-10-12(2)6-5-9-17-12/h4-10H2,1-3H3,(H2,13,14,15). The van der Waals surface area contributed by atoms with Crippen molar-refractivity contribution in [2.24, 2.45) is 4.99 Å². The van der Waals surface area contributed by atoms with Gasteiger partial charge in [0.2, 0.25) is 0 Å². The molecular weight excluding hydrogens is 234 g/mol. The van der Waals surface area contributed by atoms with Gasteiger partial charge in [0, 0.05) is 31.5 Å². The van der Waals surface area contributed by atoms with Crippen LogP contribution in [0.15, 0.2) is 4.99 Å². The Kier molecular flexibility index (Phi) is 6.73. The lowest BCUT2D eigenvalue weighted by molar-refractivity contribution is 0.152. The molecule has 1 atom stereocenters. The van der Waals surface area contributed by atoms with Gasteiger partial charge in [0.25, 0.3) is 0 Å². The van der Waals surface area contributed by atoms with E-state index in [0.717, 1.165) is 32.3 Å². The van der Waals surface area contributed by atoms with Gasteiger partial charge in [-0.2, -0.15) is 11.8 Å². The number of guanidine groups is 1. The monoisotopic (exact) mass is 259 g/mol. The van der Waals surface area contributed by atoms with Gasteiger partial charge >= 0.3 is 0 Å². The third kappa shape index (κ3) is 5.64. The summed E-state index contributed by atoms with van der Waals surface area (Å²) < 4.78 is 5.65. The molecule has 0 saturated carbocycles. The molecule has 0 spiro atoms. The van der Waals surface area contributed by atoms with Crippen molar-refractivity contribution < 1.29 is 4.74 Å². The summed E-state index contributed by atoms with van der Waals surface area (Å²) >= 11 is 2.06. The Morgan fingerprint density at radius 3 is 2.88 bits per heavy atom. The van der Waals surface area contributed by atoms with Gasteiger partial charge in [-0.15, -0.1) is 0 Å². The molecule has 4 nitrogen and oxygen atoms in total. The van der Waals surface area contributed by atoms with Gasteiger partial charge in [-0.1, -0.05) is 0 Å². The van der Waals surface area contributed by atoms with E-state index >= 15 is 0 Å². The van der Waals surface area contributed by atoms with Gasteiger partial charge in [0.05, 0.1) is 6.61 Å². The Balaban J connectivity index is 2.18. The summed E-state index contributed by atoms with van der Waals surface area (Å²) in [6.45, 7) is 7.60. The largest absolute Gasteiger partial charge is 0.380 e. The zero-order chi connectivity index (χ0) is 12.6. The quantitative estimate of drug-likeness (QED) is 0.431. The molecule has 1 unspecified atom stereocenters. The molecule has 1 rings (SSSR count). The second-order valence-corrected chi connectivity index (χ2v) is 6.13. The van der Waals surface area contributed by atoms with Gasteiger partial charge in [-0.25, -0.2) is 0 Å². The first kappa shape index (κ1) is 14.6. The molecule has 0 aromatic carbocycles. The Labute approximate surface area is 109 Å². The highest BCUT2D eigenvalue weighted by atomic mass is 32.2. The van der Waals surface area contributed by atoms with E-state index in [0.29, 0.717) is 4.75 Å². The number of rotatable bonds is 6. The summed E-state index contributed by atoms with van der Waals surface area (Å²) in [5.41, 5.74) is 0. The molecule has 100 valence electrons. The molecule has 0 aliphatic carbocycles. The first-order valence-electron chi connectivity index (χ1n) is 6.36. The Bertz CT molecular complexity index is 240. The van der Waals surface area contributed by atoms with Crippen LogP contribution in [0, 0.1) is 0 Å². The highest BCUT2D eigenvalue weighted by Gasteiger charge is 2.29. The molecular formula is C12H25N3OS. The normalized spacial score (nSPS) is 25.0. The van der Waals surface area contributed by atoms with E-state index in [2.05, 4.69) is 34.3 Å². The van der Waals surface area contributed by atoms with Crippen LogP contribution in [-0.4, -0.2) is 49.8 Å². The van der Waals surface area contributed by atoms with Gasteiger partial charge in [-0.05, 0) is 32.4 Å². The van der Waals surface area contributed by atoms with Crippen LogP contribution >= 0.6 is 11.8 Å². The summed E-state index contributed by atoms with van der Waals surface area (Å²) in [6, 6.07) is 0. The SMILES string of the molecule is CCOCCNC(=NC)NCC1(C)CCCS1. The van der Waals surface area contributed by atoms with Crippen molar-refractivity contribution in [3.05, 3.63) is 0 Å². The number of hydrogen-bond acceptors (Lipinski definition) is 3. The van der Waals surface area contributed by atoms with Crippen LogP contribution in [0.3, 0.4) is 0 Å². The smallest absolute Gasteiger partial charge is 0.191 e. The van der Waals surface area contributed by atoms with Crippen LogP contribution in [0.1, 0.15) is 26.7 Å². The zero-order valence-corrected chi connectivity index (χ0v) is 12.0. The first-order valence-corrected chi connectivity index (χ1v) is 7.35. The van der Waals surface area contributed by atoms with Crippen molar-refractivity contribution in [3.63, 3.8) is 0 Å². The van der Waals surface area contributed by atoms with E-state index in [4.69, 9.17) is 4.74 Å². The van der Waals surface area contributed by atoms with Crippen LogP contribution in [0.5, 0.6) is 0 Å². The van der Waals surface area contributed by atoms with Gasteiger partial charge in [0.15, 0.2) is 5.96 Å². The van der Waals surface area contributed by atoms with Crippen LogP contribution in [0.2, 0.25) is 0 Å².